The van der Waals surface area contributed by atoms with Gasteiger partial charge in [0.15, 0.2) is 5.96 Å². The molecule has 0 aromatic carbocycles. The Balaban J connectivity index is 0.00000364. The van der Waals surface area contributed by atoms with Crippen LogP contribution in [0.1, 0.15) is 25.8 Å². The minimum Gasteiger partial charge on any atom is -0.355 e. The Morgan fingerprint density at radius 1 is 1.41 bits per heavy atom. The molecule has 0 radical (unpaired) electrons. The van der Waals surface area contributed by atoms with Crippen LogP contribution in [0, 0.1) is 5.92 Å². The zero-order valence-electron chi connectivity index (χ0n) is 16.8. The molecular formula is C17H33IN6O2S. The summed E-state index contributed by atoms with van der Waals surface area (Å²) in [6, 6.07) is 0. The van der Waals surface area contributed by atoms with Crippen LogP contribution in [0.4, 0.5) is 0 Å². The first-order valence-electron chi connectivity index (χ1n) is 9.30. The van der Waals surface area contributed by atoms with Gasteiger partial charge < -0.3 is 10.2 Å². The fourth-order valence-electron chi connectivity index (χ4n) is 3.47. The van der Waals surface area contributed by atoms with Gasteiger partial charge in [0, 0.05) is 53.0 Å². The van der Waals surface area contributed by atoms with Crippen molar-refractivity contribution in [3.05, 3.63) is 18.0 Å². The minimum absolute atomic E-state index is 0. The molecule has 1 aromatic rings. The van der Waals surface area contributed by atoms with Crippen molar-refractivity contribution in [3.63, 3.8) is 0 Å². The SMILES string of the molecule is CCN(CC)S(=O)(=O)CCNC(=NC)N1CCC(Cc2cnn(C)c2)C1.I. The van der Waals surface area contributed by atoms with Crippen molar-refractivity contribution in [2.45, 2.75) is 26.7 Å². The van der Waals surface area contributed by atoms with E-state index in [0.29, 0.717) is 25.6 Å². The number of halogens is 1. The maximum Gasteiger partial charge on any atom is 0.215 e. The molecule has 27 heavy (non-hydrogen) atoms. The lowest BCUT2D eigenvalue weighted by Crippen LogP contribution is -2.43. The molecule has 0 spiro atoms. The third-order valence-electron chi connectivity index (χ3n) is 4.82. The zero-order valence-corrected chi connectivity index (χ0v) is 19.9. The molecule has 0 amide bonds. The molecule has 1 aromatic heterocycles. The molecule has 1 N–H and O–H groups in total. The molecule has 0 bridgehead atoms. The fourth-order valence-corrected chi connectivity index (χ4v) is 4.88. The first kappa shape index (κ1) is 24.2. The number of guanidine groups is 1. The van der Waals surface area contributed by atoms with Crippen LogP contribution in [-0.4, -0.2) is 78.9 Å². The average molecular weight is 512 g/mol. The number of hydrogen-bond donors (Lipinski definition) is 1. The maximum atomic E-state index is 12.3. The highest BCUT2D eigenvalue weighted by molar-refractivity contribution is 14.0. The van der Waals surface area contributed by atoms with Gasteiger partial charge in [0.2, 0.25) is 10.0 Å². The predicted molar refractivity (Wildman–Crippen MR) is 120 cm³/mol. The molecule has 1 atom stereocenters. The second kappa shape index (κ2) is 11.2. The minimum atomic E-state index is -3.21. The smallest absolute Gasteiger partial charge is 0.215 e. The van der Waals surface area contributed by atoms with Crippen molar-refractivity contribution in [3.8, 4) is 0 Å². The summed E-state index contributed by atoms with van der Waals surface area (Å²) in [5, 5.41) is 7.44. The van der Waals surface area contributed by atoms with E-state index in [1.54, 1.807) is 7.05 Å². The van der Waals surface area contributed by atoms with Crippen LogP contribution in [0.5, 0.6) is 0 Å². The Morgan fingerprint density at radius 3 is 2.67 bits per heavy atom. The summed E-state index contributed by atoms with van der Waals surface area (Å²) in [5.41, 5.74) is 1.26. The lowest BCUT2D eigenvalue weighted by molar-refractivity contribution is 0.442. The molecular weight excluding hydrogens is 479 g/mol. The first-order valence-corrected chi connectivity index (χ1v) is 10.9. The summed E-state index contributed by atoms with van der Waals surface area (Å²) >= 11 is 0. The summed E-state index contributed by atoms with van der Waals surface area (Å²) in [5.74, 6) is 1.44. The van der Waals surface area contributed by atoms with Crippen LogP contribution < -0.4 is 5.32 Å². The second-order valence-corrected chi connectivity index (χ2v) is 8.79. The van der Waals surface area contributed by atoms with Gasteiger partial charge in [-0.2, -0.15) is 5.10 Å². The molecule has 1 unspecified atom stereocenters. The third-order valence-corrected chi connectivity index (χ3v) is 6.85. The molecule has 8 nitrogen and oxygen atoms in total. The van der Waals surface area contributed by atoms with E-state index >= 15 is 0 Å². The van der Waals surface area contributed by atoms with Crippen molar-refractivity contribution in [1.82, 2.24) is 24.3 Å². The molecule has 1 fully saturated rings. The summed E-state index contributed by atoms with van der Waals surface area (Å²) < 4.78 is 27.9. The second-order valence-electron chi connectivity index (χ2n) is 6.70. The Morgan fingerprint density at radius 2 is 2.11 bits per heavy atom. The van der Waals surface area contributed by atoms with E-state index in [1.165, 1.54) is 9.87 Å². The Labute approximate surface area is 180 Å². The average Bonchev–Trinajstić information content (AvgIpc) is 3.22. The highest BCUT2D eigenvalue weighted by atomic mass is 127. The van der Waals surface area contributed by atoms with Crippen molar-refractivity contribution in [1.29, 1.82) is 0 Å². The van der Waals surface area contributed by atoms with E-state index in [1.807, 2.05) is 31.8 Å². The van der Waals surface area contributed by atoms with Crippen molar-refractivity contribution < 1.29 is 8.42 Å². The largest absolute Gasteiger partial charge is 0.355 e. The lowest BCUT2D eigenvalue weighted by Gasteiger charge is -2.23. The number of aromatic nitrogens is 2. The van der Waals surface area contributed by atoms with E-state index in [2.05, 4.69) is 26.5 Å². The number of aryl methyl sites for hydroxylation is 1. The van der Waals surface area contributed by atoms with Crippen LogP contribution >= 0.6 is 24.0 Å². The zero-order chi connectivity index (χ0) is 19.2. The lowest BCUT2D eigenvalue weighted by atomic mass is 10.0. The van der Waals surface area contributed by atoms with Crippen molar-refractivity contribution in [2.24, 2.45) is 18.0 Å². The number of sulfonamides is 1. The van der Waals surface area contributed by atoms with Gasteiger partial charge in [-0.05, 0) is 24.3 Å². The van der Waals surface area contributed by atoms with Crippen LogP contribution in [0.3, 0.4) is 0 Å². The van der Waals surface area contributed by atoms with E-state index in [-0.39, 0.29) is 29.7 Å². The van der Waals surface area contributed by atoms with Gasteiger partial charge >= 0.3 is 0 Å². The van der Waals surface area contributed by atoms with Crippen LogP contribution in [0.15, 0.2) is 17.4 Å². The molecule has 1 aliphatic rings. The monoisotopic (exact) mass is 512 g/mol. The first-order chi connectivity index (χ1) is 12.4. The predicted octanol–water partition coefficient (Wildman–Crippen LogP) is 1.15. The third kappa shape index (κ3) is 6.90. The van der Waals surface area contributed by atoms with Crippen LogP contribution in [0.2, 0.25) is 0 Å². The van der Waals surface area contributed by atoms with E-state index in [9.17, 15) is 8.42 Å². The number of likely N-dealkylation sites (tertiary alicyclic amines) is 1. The van der Waals surface area contributed by atoms with Crippen LogP contribution in [0.25, 0.3) is 0 Å². The van der Waals surface area contributed by atoms with Crippen molar-refractivity contribution in [2.75, 3.05) is 45.5 Å². The Hall–Kier alpha value is -0.880. The van der Waals surface area contributed by atoms with E-state index in [4.69, 9.17) is 0 Å². The van der Waals surface area contributed by atoms with Gasteiger partial charge in [-0.1, -0.05) is 13.8 Å². The topological polar surface area (TPSA) is 82.8 Å². The van der Waals surface area contributed by atoms with E-state index in [0.717, 1.165) is 31.9 Å². The van der Waals surface area contributed by atoms with Gasteiger partial charge in [-0.15, -0.1) is 24.0 Å². The summed E-state index contributed by atoms with van der Waals surface area (Å²) in [6.07, 6.45) is 6.10. The molecule has 2 rings (SSSR count). The standard InChI is InChI=1S/C17H32N6O2S.HI/c1-5-23(6-2)26(24,25)10-8-19-17(18-3)22-9-7-15(14-22)11-16-12-20-21(4)13-16;/h12-13,15H,5-11,14H2,1-4H3,(H,18,19);1H. The normalized spacial score (nSPS) is 18.0. The summed E-state index contributed by atoms with van der Waals surface area (Å²) in [6.45, 7) is 6.98. The van der Waals surface area contributed by atoms with Gasteiger partial charge in [0.05, 0.1) is 11.9 Å². The highest BCUT2D eigenvalue weighted by Crippen LogP contribution is 2.20. The van der Waals surface area contributed by atoms with Gasteiger partial charge in [0.1, 0.15) is 0 Å². The number of nitrogens with one attached hydrogen (secondary N) is 1. The van der Waals surface area contributed by atoms with Gasteiger partial charge in [-0.3, -0.25) is 9.67 Å². The van der Waals surface area contributed by atoms with E-state index < -0.39 is 10.0 Å². The Bertz CT molecular complexity index is 702. The van der Waals surface area contributed by atoms with Gasteiger partial charge in [-0.25, -0.2) is 12.7 Å². The van der Waals surface area contributed by atoms with Crippen molar-refractivity contribution >= 4 is 40.0 Å². The molecule has 0 aliphatic carbocycles. The summed E-state index contributed by atoms with van der Waals surface area (Å²) in [4.78, 5) is 6.54. The molecule has 10 heteroatoms. The maximum absolute atomic E-state index is 12.3. The molecule has 1 aliphatic heterocycles. The number of hydrogen-bond acceptors (Lipinski definition) is 4. The highest BCUT2D eigenvalue weighted by Gasteiger charge is 2.26. The van der Waals surface area contributed by atoms with Crippen LogP contribution in [-0.2, 0) is 23.5 Å². The van der Waals surface area contributed by atoms with Gasteiger partial charge in [0.25, 0.3) is 0 Å². The number of aliphatic imine (C=N–C) groups is 1. The number of nitrogens with zero attached hydrogens (tertiary/aromatic N) is 5. The quantitative estimate of drug-likeness (QED) is 0.321. The summed E-state index contributed by atoms with van der Waals surface area (Å²) in [7, 11) is 0.468. The fraction of sp³-hybridized carbons (Fsp3) is 0.765. The molecule has 1 saturated heterocycles. The number of rotatable bonds is 8. The molecule has 156 valence electrons. The molecule has 2 heterocycles. The molecule has 0 saturated carbocycles. The Kier molecular flexibility index (Phi) is 10.0.